The molecule has 0 spiro atoms. The van der Waals surface area contributed by atoms with E-state index in [-0.39, 0.29) is 12.0 Å². The summed E-state index contributed by atoms with van der Waals surface area (Å²) in [6, 6.07) is 4.48. The molecule has 0 aliphatic rings. The van der Waals surface area contributed by atoms with Gasteiger partial charge in [-0.3, -0.25) is 0 Å². The third-order valence-electron chi connectivity index (χ3n) is 2.89. The Balaban J connectivity index is 3.19. The zero-order valence-electron chi connectivity index (χ0n) is 10.4. The third-order valence-corrected chi connectivity index (χ3v) is 3.22. The lowest BCUT2D eigenvalue weighted by molar-refractivity contribution is 0.0398. The summed E-state index contributed by atoms with van der Waals surface area (Å²) in [7, 11) is 0. The van der Waals surface area contributed by atoms with Crippen molar-refractivity contribution in [3.05, 3.63) is 34.6 Å². The summed E-state index contributed by atoms with van der Waals surface area (Å²) >= 11 is 5.99. The minimum atomic E-state index is -0.748. The van der Waals surface area contributed by atoms with E-state index in [4.69, 9.17) is 17.3 Å². The Hall–Kier alpha value is -0.640. The van der Waals surface area contributed by atoms with Crippen molar-refractivity contribution in [3.63, 3.8) is 0 Å². The van der Waals surface area contributed by atoms with Gasteiger partial charge in [-0.25, -0.2) is 4.39 Å². The molecule has 3 N–H and O–H groups in total. The fourth-order valence-corrected chi connectivity index (χ4v) is 2.18. The summed E-state index contributed by atoms with van der Waals surface area (Å²) in [5.41, 5.74) is 5.58. The number of aliphatic hydroxyl groups is 1. The van der Waals surface area contributed by atoms with Crippen LogP contribution in [0.2, 0.25) is 5.02 Å². The Morgan fingerprint density at radius 1 is 1.41 bits per heavy atom. The molecule has 1 aromatic carbocycles. The Bertz CT molecular complexity index is 369. The van der Waals surface area contributed by atoms with Gasteiger partial charge in [-0.2, -0.15) is 0 Å². The molecule has 0 aromatic heterocycles. The highest BCUT2D eigenvalue weighted by Gasteiger charge is 2.33. The van der Waals surface area contributed by atoms with Gasteiger partial charge in [0.05, 0.1) is 6.10 Å². The summed E-state index contributed by atoms with van der Waals surface area (Å²) in [6.45, 7) is 5.80. The smallest absolute Gasteiger partial charge is 0.128 e. The lowest BCUT2D eigenvalue weighted by Gasteiger charge is -2.33. The molecule has 4 heteroatoms. The van der Waals surface area contributed by atoms with E-state index in [0.29, 0.717) is 10.6 Å². The molecule has 0 aliphatic carbocycles. The first kappa shape index (κ1) is 14.4. The van der Waals surface area contributed by atoms with Gasteiger partial charge in [0, 0.05) is 23.0 Å². The maximum Gasteiger partial charge on any atom is 0.128 e. The molecule has 0 amide bonds. The van der Waals surface area contributed by atoms with Crippen molar-refractivity contribution >= 4 is 11.6 Å². The fraction of sp³-hybridized carbons (Fsp3) is 0.538. The third kappa shape index (κ3) is 3.18. The largest absolute Gasteiger partial charge is 0.392 e. The molecular weight excluding hydrogens is 241 g/mol. The number of rotatable bonds is 3. The molecule has 1 rings (SSSR count). The van der Waals surface area contributed by atoms with E-state index in [9.17, 15) is 9.50 Å². The molecule has 17 heavy (non-hydrogen) atoms. The van der Waals surface area contributed by atoms with Crippen molar-refractivity contribution in [2.45, 2.75) is 32.8 Å². The first-order valence-corrected chi connectivity index (χ1v) is 5.99. The van der Waals surface area contributed by atoms with E-state index < -0.39 is 17.8 Å². The zero-order chi connectivity index (χ0) is 13.2. The van der Waals surface area contributed by atoms with Gasteiger partial charge in [-0.15, -0.1) is 0 Å². The predicted octanol–water partition coefficient (Wildman–Crippen LogP) is 2.93. The SMILES string of the molecule is CC(C)(C)C(O)C(CN)c1c(F)cccc1Cl. The summed E-state index contributed by atoms with van der Waals surface area (Å²) in [4.78, 5) is 0. The summed E-state index contributed by atoms with van der Waals surface area (Å²) in [5, 5.41) is 10.6. The number of hydrogen-bond donors (Lipinski definition) is 2. The standard InChI is InChI=1S/C13H19ClFNO/c1-13(2,3)12(17)8(7-16)11-9(14)5-4-6-10(11)15/h4-6,8,12,17H,7,16H2,1-3H3. The van der Waals surface area contributed by atoms with Crippen molar-refractivity contribution in [1.82, 2.24) is 0 Å². The second-order valence-electron chi connectivity index (χ2n) is 5.29. The van der Waals surface area contributed by atoms with Gasteiger partial charge in [-0.1, -0.05) is 38.4 Å². The number of nitrogens with two attached hydrogens (primary N) is 1. The molecule has 96 valence electrons. The van der Waals surface area contributed by atoms with Crippen molar-refractivity contribution < 1.29 is 9.50 Å². The van der Waals surface area contributed by atoms with E-state index in [0.717, 1.165) is 0 Å². The van der Waals surface area contributed by atoms with Gasteiger partial charge in [0.1, 0.15) is 5.82 Å². The monoisotopic (exact) mass is 259 g/mol. The molecule has 0 aliphatic heterocycles. The summed E-state index contributed by atoms with van der Waals surface area (Å²) in [6.07, 6.45) is -0.748. The highest BCUT2D eigenvalue weighted by molar-refractivity contribution is 6.31. The van der Waals surface area contributed by atoms with Crippen LogP contribution in [0.1, 0.15) is 32.3 Å². The van der Waals surface area contributed by atoms with Gasteiger partial charge in [0.25, 0.3) is 0 Å². The van der Waals surface area contributed by atoms with Crippen molar-refractivity contribution in [2.24, 2.45) is 11.1 Å². The normalized spacial score (nSPS) is 15.7. The van der Waals surface area contributed by atoms with Crippen LogP contribution in [-0.2, 0) is 0 Å². The van der Waals surface area contributed by atoms with E-state index in [1.807, 2.05) is 20.8 Å². The van der Waals surface area contributed by atoms with E-state index >= 15 is 0 Å². The Morgan fingerprint density at radius 2 is 2.00 bits per heavy atom. The van der Waals surface area contributed by atoms with Gasteiger partial charge < -0.3 is 10.8 Å². The first-order valence-electron chi connectivity index (χ1n) is 5.61. The van der Waals surface area contributed by atoms with Gasteiger partial charge in [-0.05, 0) is 17.5 Å². The molecule has 0 fully saturated rings. The molecule has 0 saturated carbocycles. The average molecular weight is 260 g/mol. The molecule has 0 saturated heterocycles. The van der Waals surface area contributed by atoms with Crippen LogP contribution in [0.15, 0.2) is 18.2 Å². The van der Waals surface area contributed by atoms with Gasteiger partial charge in [0.15, 0.2) is 0 Å². The number of benzene rings is 1. The molecule has 0 radical (unpaired) electrons. The van der Waals surface area contributed by atoms with E-state index in [2.05, 4.69) is 0 Å². The van der Waals surface area contributed by atoms with Crippen molar-refractivity contribution in [1.29, 1.82) is 0 Å². The molecule has 2 atom stereocenters. The van der Waals surface area contributed by atoms with Crippen LogP contribution in [0.3, 0.4) is 0 Å². The highest BCUT2D eigenvalue weighted by atomic mass is 35.5. The van der Waals surface area contributed by atoms with Crippen LogP contribution in [-0.4, -0.2) is 17.8 Å². The van der Waals surface area contributed by atoms with E-state index in [1.165, 1.54) is 12.1 Å². The van der Waals surface area contributed by atoms with Crippen LogP contribution in [0.4, 0.5) is 4.39 Å². The lowest BCUT2D eigenvalue weighted by atomic mass is 9.78. The molecule has 1 aromatic rings. The van der Waals surface area contributed by atoms with Crippen molar-refractivity contribution in [2.75, 3.05) is 6.54 Å². The topological polar surface area (TPSA) is 46.2 Å². The summed E-state index contributed by atoms with van der Waals surface area (Å²) < 4.78 is 13.8. The quantitative estimate of drug-likeness (QED) is 0.877. The molecule has 2 nitrogen and oxygen atoms in total. The summed E-state index contributed by atoms with van der Waals surface area (Å²) in [5.74, 6) is -0.917. The second kappa shape index (κ2) is 5.34. The highest BCUT2D eigenvalue weighted by Crippen LogP contribution is 2.35. The van der Waals surface area contributed by atoms with Gasteiger partial charge >= 0.3 is 0 Å². The molecular formula is C13H19ClFNO. The molecule has 0 bridgehead atoms. The van der Waals surface area contributed by atoms with E-state index in [1.54, 1.807) is 6.07 Å². The van der Waals surface area contributed by atoms with Crippen LogP contribution in [0.25, 0.3) is 0 Å². The minimum Gasteiger partial charge on any atom is -0.392 e. The fourth-order valence-electron chi connectivity index (χ4n) is 1.87. The van der Waals surface area contributed by atoms with Crippen LogP contribution < -0.4 is 5.73 Å². The van der Waals surface area contributed by atoms with Crippen LogP contribution in [0, 0.1) is 11.2 Å². The maximum absolute atomic E-state index is 13.8. The Kier molecular flexibility index (Phi) is 4.53. The number of halogens is 2. The van der Waals surface area contributed by atoms with Crippen LogP contribution >= 0.6 is 11.6 Å². The van der Waals surface area contributed by atoms with Gasteiger partial charge in [0.2, 0.25) is 0 Å². The average Bonchev–Trinajstić information content (AvgIpc) is 2.21. The molecule has 0 heterocycles. The first-order chi connectivity index (χ1) is 7.79. The van der Waals surface area contributed by atoms with Crippen LogP contribution in [0.5, 0.6) is 0 Å². The zero-order valence-corrected chi connectivity index (χ0v) is 11.1. The minimum absolute atomic E-state index is 0.152. The second-order valence-corrected chi connectivity index (χ2v) is 5.70. The van der Waals surface area contributed by atoms with Crippen molar-refractivity contribution in [3.8, 4) is 0 Å². The Morgan fingerprint density at radius 3 is 2.41 bits per heavy atom. The lowest BCUT2D eigenvalue weighted by Crippen LogP contribution is -2.36. The number of aliphatic hydroxyl groups excluding tert-OH is 1. The number of hydrogen-bond acceptors (Lipinski definition) is 2. The predicted molar refractivity (Wildman–Crippen MR) is 68.7 cm³/mol. The maximum atomic E-state index is 13.8. The molecule has 2 unspecified atom stereocenters. The Labute approximate surface area is 107 Å².